The Bertz CT molecular complexity index is 453. The molecule has 1 aliphatic carbocycles. The molecule has 1 aromatic rings. The van der Waals surface area contributed by atoms with Gasteiger partial charge in [-0.3, -0.25) is 0 Å². The van der Waals surface area contributed by atoms with E-state index in [0.29, 0.717) is 6.61 Å². The van der Waals surface area contributed by atoms with E-state index in [0.717, 1.165) is 40.3 Å². The van der Waals surface area contributed by atoms with Crippen LogP contribution in [-0.4, -0.2) is 23.1 Å². The van der Waals surface area contributed by atoms with E-state index in [4.69, 9.17) is 14.7 Å². The number of nitrogens with one attached hydrogen (secondary N) is 1. The summed E-state index contributed by atoms with van der Waals surface area (Å²) in [7, 11) is 0. The summed E-state index contributed by atoms with van der Waals surface area (Å²) in [4.78, 5) is 9.53. The maximum absolute atomic E-state index is 6.13. The van der Waals surface area contributed by atoms with E-state index in [1.807, 2.05) is 0 Å². The maximum Gasteiger partial charge on any atom is 0.162 e. The standard InChI is InChI=1S/C15H24IN3O/c1-4-17-13-12(16)11(3)18-14(19-13)15(20-5-2)9-7-6-8-10-15/h4-10H2,1-3H3,(H,17,18,19). The van der Waals surface area contributed by atoms with Crippen LogP contribution in [0.5, 0.6) is 0 Å². The monoisotopic (exact) mass is 389 g/mol. The topological polar surface area (TPSA) is 47.0 Å². The van der Waals surface area contributed by atoms with Gasteiger partial charge in [-0.15, -0.1) is 0 Å². The van der Waals surface area contributed by atoms with Crippen LogP contribution in [0.4, 0.5) is 5.82 Å². The van der Waals surface area contributed by atoms with Gasteiger partial charge < -0.3 is 10.1 Å². The quantitative estimate of drug-likeness (QED) is 0.773. The number of aromatic nitrogens is 2. The highest BCUT2D eigenvalue weighted by atomic mass is 127. The second-order valence-corrected chi connectivity index (χ2v) is 6.39. The number of ether oxygens (including phenoxy) is 1. The third-order valence-electron chi connectivity index (χ3n) is 3.85. The van der Waals surface area contributed by atoms with Gasteiger partial charge in [0.2, 0.25) is 0 Å². The average Bonchev–Trinajstić information content (AvgIpc) is 2.45. The molecular formula is C15H24IN3O. The summed E-state index contributed by atoms with van der Waals surface area (Å²) >= 11 is 2.31. The van der Waals surface area contributed by atoms with Crippen molar-refractivity contribution in [2.24, 2.45) is 0 Å². The molecule has 1 fully saturated rings. The van der Waals surface area contributed by atoms with Crippen LogP contribution < -0.4 is 5.32 Å². The van der Waals surface area contributed by atoms with Crippen LogP contribution in [-0.2, 0) is 10.3 Å². The van der Waals surface area contributed by atoms with E-state index in [-0.39, 0.29) is 5.60 Å². The number of aryl methyl sites for hydroxylation is 1. The van der Waals surface area contributed by atoms with E-state index in [1.54, 1.807) is 0 Å². The Hall–Kier alpha value is -0.430. The first kappa shape index (κ1) is 15.9. The molecule has 0 saturated heterocycles. The molecule has 1 aliphatic rings. The number of rotatable bonds is 5. The van der Waals surface area contributed by atoms with Crippen LogP contribution in [0.3, 0.4) is 0 Å². The normalized spacial score (nSPS) is 18.0. The van der Waals surface area contributed by atoms with Crippen molar-refractivity contribution in [1.29, 1.82) is 0 Å². The van der Waals surface area contributed by atoms with Gasteiger partial charge in [-0.1, -0.05) is 19.3 Å². The molecule has 1 saturated carbocycles. The predicted molar refractivity (Wildman–Crippen MR) is 90.0 cm³/mol. The van der Waals surface area contributed by atoms with Gasteiger partial charge in [0.25, 0.3) is 0 Å². The Morgan fingerprint density at radius 2 is 1.90 bits per heavy atom. The summed E-state index contributed by atoms with van der Waals surface area (Å²) in [5, 5.41) is 3.34. The van der Waals surface area contributed by atoms with Gasteiger partial charge in [0.05, 0.1) is 9.26 Å². The number of hydrogen-bond acceptors (Lipinski definition) is 4. The summed E-state index contributed by atoms with van der Waals surface area (Å²) in [5.41, 5.74) is 0.767. The molecule has 2 rings (SSSR count). The zero-order chi connectivity index (χ0) is 14.6. The molecule has 0 unspecified atom stereocenters. The van der Waals surface area contributed by atoms with Crippen molar-refractivity contribution in [1.82, 2.24) is 9.97 Å². The van der Waals surface area contributed by atoms with Gasteiger partial charge in [0.15, 0.2) is 5.82 Å². The second kappa shape index (κ2) is 7.02. The number of nitrogens with zero attached hydrogens (tertiary/aromatic N) is 2. The number of anilines is 1. The van der Waals surface area contributed by atoms with Gasteiger partial charge in [-0.05, 0) is 56.2 Å². The molecule has 0 radical (unpaired) electrons. The molecule has 0 aromatic carbocycles. The van der Waals surface area contributed by atoms with Crippen LogP contribution in [0.1, 0.15) is 57.5 Å². The minimum atomic E-state index is -0.272. The Labute approximate surface area is 135 Å². The van der Waals surface area contributed by atoms with Crippen molar-refractivity contribution in [2.45, 2.75) is 58.5 Å². The molecule has 20 heavy (non-hydrogen) atoms. The highest BCUT2D eigenvalue weighted by Gasteiger charge is 2.38. The van der Waals surface area contributed by atoms with Crippen molar-refractivity contribution in [3.05, 3.63) is 15.1 Å². The van der Waals surface area contributed by atoms with Gasteiger partial charge >= 0.3 is 0 Å². The first-order valence-corrected chi connectivity index (χ1v) is 8.63. The largest absolute Gasteiger partial charge is 0.369 e. The van der Waals surface area contributed by atoms with E-state index in [9.17, 15) is 0 Å². The second-order valence-electron chi connectivity index (χ2n) is 5.31. The van der Waals surface area contributed by atoms with Gasteiger partial charge in [0, 0.05) is 13.2 Å². The first-order chi connectivity index (χ1) is 9.63. The van der Waals surface area contributed by atoms with Crippen molar-refractivity contribution in [3.63, 3.8) is 0 Å². The minimum absolute atomic E-state index is 0.272. The van der Waals surface area contributed by atoms with E-state index >= 15 is 0 Å². The first-order valence-electron chi connectivity index (χ1n) is 7.55. The summed E-state index contributed by atoms with van der Waals surface area (Å²) in [6, 6.07) is 0. The molecule has 112 valence electrons. The van der Waals surface area contributed by atoms with E-state index in [2.05, 4.69) is 48.7 Å². The van der Waals surface area contributed by atoms with E-state index in [1.165, 1.54) is 19.3 Å². The van der Waals surface area contributed by atoms with Crippen LogP contribution >= 0.6 is 22.6 Å². The van der Waals surface area contributed by atoms with Crippen LogP contribution in [0.15, 0.2) is 0 Å². The Kier molecular flexibility index (Phi) is 5.60. The van der Waals surface area contributed by atoms with Gasteiger partial charge in [-0.25, -0.2) is 9.97 Å². The third-order valence-corrected chi connectivity index (χ3v) is 5.14. The predicted octanol–water partition coefficient (Wildman–Crippen LogP) is 4.02. The summed E-state index contributed by atoms with van der Waals surface area (Å²) < 4.78 is 7.24. The van der Waals surface area contributed by atoms with Crippen molar-refractivity contribution in [2.75, 3.05) is 18.5 Å². The van der Waals surface area contributed by atoms with Gasteiger partial charge in [-0.2, -0.15) is 0 Å². The van der Waals surface area contributed by atoms with Crippen molar-refractivity contribution in [3.8, 4) is 0 Å². The number of halogens is 1. The van der Waals surface area contributed by atoms with Crippen LogP contribution in [0.2, 0.25) is 0 Å². The summed E-state index contributed by atoms with van der Waals surface area (Å²) in [6.45, 7) is 7.78. The zero-order valence-electron chi connectivity index (χ0n) is 12.6. The number of hydrogen-bond donors (Lipinski definition) is 1. The fourth-order valence-corrected chi connectivity index (χ4v) is 3.31. The van der Waals surface area contributed by atoms with Crippen molar-refractivity contribution >= 4 is 28.4 Å². The lowest BCUT2D eigenvalue weighted by Crippen LogP contribution is -2.35. The summed E-state index contributed by atoms with van der Waals surface area (Å²) in [5.74, 6) is 1.81. The van der Waals surface area contributed by atoms with Crippen LogP contribution in [0, 0.1) is 10.5 Å². The van der Waals surface area contributed by atoms with Crippen LogP contribution in [0.25, 0.3) is 0 Å². The highest BCUT2D eigenvalue weighted by molar-refractivity contribution is 14.1. The molecule has 1 aromatic heterocycles. The van der Waals surface area contributed by atoms with Crippen molar-refractivity contribution < 1.29 is 4.74 Å². The molecule has 0 amide bonds. The highest BCUT2D eigenvalue weighted by Crippen LogP contribution is 2.39. The third kappa shape index (κ3) is 3.24. The lowest BCUT2D eigenvalue weighted by atomic mass is 9.83. The fourth-order valence-electron chi connectivity index (χ4n) is 2.88. The molecule has 0 spiro atoms. The summed E-state index contributed by atoms with van der Waals surface area (Å²) in [6.07, 6.45) is 5.76. The minimum Gasteiger partial charge on any atom is -0.369 e. The molecular weight excluding hydrogens is 365 g/mol. The fraction of sp³-hybridized carbons (Fsp3) is 0.733. The SMILES string of the molecule is CCNc1nc(C2(OCC)CCCCC2)nc(C)c1I. The molecule has 1 N–H and O–H groups in total. The Balaban J connectivity index is 2.42. The van der Waals surface area contributed by atoms with E-state index < -0.39 is 0 Å². The maximum atomic E-state index is 6.13. The average molecular weight is 389 g/mol. The molecule has 0 aliphatic heterocycles. The van der Waals surface area contributed by atoms with Gasteiger partial charge in [0.1, 0.15) is 11.4 Å². The lowest BCUT2D eigenvalue weighted by Gasteiger charge is -2.36. The Morgan fingerprint density at radius 1 is 1.20 bits per heavy atom. The lowest BCUT2D eigenvalue weighted by molar-refractivity contribution is -0.0767. The Morgan fingerprint density at radius 3 is 2.50 bits per heavy atom. The molecule has 5 heteroatoms. The zero-order valence-corrected chi connectivity index (χ0v) is 14.8. The molecule has 4 nitrogen and oxygen atoms in total. The molecule has 1 heterocycles. The molecule has 0 bridgehead atoms. The molecule has 0 atom stereocenters. The smallest absolute Gasteiger partial charge is 0.162 e.